The number of hydrogen-bond donors (Lipinski definition) is 2. The molecule has 5 nitrogen and oxygen atoms in total. The lowest BCUT2D eigenvalue weighted by Gasteiger charge is -2.10. The number of aryl methyl sites for hydroxylation is 1. The van der Waals surface area contributed by atoms with Crippen molar-refractivity contribution in [3.63, 3.8) is 0 Å². The van der Waals surface area contributed by atoms with E-state index in [0.29, 0.717) is 30.9 Å². The monoisotopic (exact) mass is 364 g/mol. The van der Waals surface area contributed by atoms with Gasteiger partial charge in [-0.15, -0.1) is 12.4 Å². The number of para-hydroxylation sites is 1. The van der Waals surface area contributed by atoms with Gasteiger partial charge in [0.2, 0.25) is 5.91 Å². The lowest BCUT2D eigenvalue weighted by atomic mass is 10.1. The minimum atomic E-state index is 0. The number of ether oxygens (including phenoxy) is 2. The maximum atomic E-state index is 11.9. The molecule has 25 heavy (non-hydrogen) atoms. The summed E-state index contributed by atoms with van der Waals surface area (Å²) in [5.41, 5.74) is 8.70. The summed E-state index contributed by atoms with van der Waals surface area (Å²) in [4.78, 5) is 11.9. The van der Waals surface area contributed by atoms with Crippen LogP contribution in [-0.4, -0.2) is 26.7 Å². The van der Waals surface area contributed by atoms with Gasteiger partial charge in [-0.1, -0.05) is 24.3 Å². The lowest BCUT2D eigenvalue weighted by molar-refractivity contribution is -0.121. The molecule has 0 aliphatic carbocycles. The maximum absolute atomic E-state index is 11.9. The fraction of sp³-hybridized carbons (Fsp3) is 0.316. The standard InChI is InChI=1S/C19H24N2O3.ClH/c1-23-17-9-7-14(13-18(17)24-2)11-12-21-19(22)10-8-15-5-3-4-6-16(15)20;/h3-7,9,13H,8,10-12,20H2,1-2H3,(H,21,22);1H. The predicted octanol–water partition coefficient (Wildman–Crippen LogP) is 3.00. The highest BCUT2D eigenvalue weighted by atomic mass is 35.5. The van der Waals surface area contributed by atoms with Gasteiger partial charge in [-0.3, -0.25) is 4.79 Å². The fourth-order valence-corrected chi connectivity index (χ4v) is 2.48. The van der Waals surface area contributed by atoms with E-state index in [9.17, 15) is 4.79 Å². The Balaban J connectivity index is 0.00000312. The number of rotatable bonds is 8. The Kier molecular flexibility index (Phi) is 8.64. The van der Waals surface area contributed by atoms with E-state index in [1.165, 1.54) is 0 Å². The summed E-state index contributed by atoms with van der Waals surface area (Å²) in [6.45, 7) is 0.582. The first kappa shape index (κ1) is 20.6. The van der Waals surface area contributed by atoms with Gasteiger partial charge in [0.05, 0.1) is 14.2 Å². The highest BCUT2D eigenvalue weighted by molar-refractivity contribution is 5.85. The molecule has 0 radical (unpaired) electrons. The van der Waals surface area contributed by atoms with Crippen molar-refractivity contribution in [2.45, 2.75) is 19.3 Å². The maximum Gasteiger partial charge on any atom is 0.220 e. The third-order valence-corrected chi connectivity index (χ3v) is 3.86. The first-order valence-electron chi connectivity index (χ1n) is 7.95. The third kappa shape index (κ3) is 6.19. The second kappa shape index (κ2) is 10.5. The molecule has 2 rings (SSSR count). The van der Waals surface area contributed by atoms with Crippen molar-refractivity contribution in [1.29, 1.82) is 0 Å². The van der Waals surface area contributed by atoms with Crippen LogP contribution in [0.15, 0.2) is 42.5 Å². The minimum absolute atomic E-state index is 0. The number of carbonyl (C=O) groups excluding carboxylic acids is 1. The average molecular weight is 365 g/mol. The van der Waals surface area contributed by atoms with E-state index in [1.807, 2.05) is 42.5 Å². The smallest absolute Gasteiger partial charge is 0.220 e. The number of anilines is 1. The van der Waals surface area contributed by atoms with Crippen molar-refractivity contribution < 1.29 is 14.3 Å². The third-order valence-electron chi connectivity index (χ3n) is 3.86. The second-order valence-corrected chi connectivity index (χ2v) is 5.49. The molecule has 6 heteroatoms. The van der Waals surface area contributed by atoms with E-state index in [1.54, 1.807) is 14.2 Å². The molecular formula is C19H25ClN2O3. The number of halogens is 1. The molecule has 2 aromatic carbocycles. The Morgan fingerprint density at radius 3 is 2.44 bits per heavy atom. The molecule has 0 aliphatic rings. The largest absolute Gasteiger partial charge is 0.493 e. The van der Waals surface area contributed by atoms with Gasteiger partial charge >= 0.3 is 0 Å². The van der Waals surface area contributed by atoms with E-state index in [4.69, 9.17) is 15.2 Å². The van der Waals surface area contributed by atoms with Gasteiger partial charge < -0.3 is 20.5 Å². The van der Waals surface area contributed by atoms with Crippen molar-refractivity contribution in [1.82, 2.24) is 5.32 Å². The summed E-state index contributed by atoms with van der Waals surface area (Å²) in [6, 6.07) is 13.4. The molecule has 0 unspecified atom stereocenters. The second-order valence-electron chi connectivity index (χ2n) is 5.49. The van der Waals surface area contributed by atoms with Crippen molar-refractivity contribution >= 4 is 24.0 Å². The van der Waals surface area contributed by atoms with Crippen LogP contribution in [0.4, 0.5) is 5.69 Å². The SMILES string of the molecule is COc1ccc(CCNC(=O)CCc2ccccc2N)cc1OC.Cl. The molecule has 0 fully saturated rings. The van der Waals surface area contributed by atoms with Crippen LogP contribution < -0.4 is 20.5 Å². The van der Waals surface area contributed by atoms with Gasteiger partial charge in [0, 0.05) is 18.7 Å². The Hall–Kier alpha value is -2.40. The summed E-state index contributed by atoms with van der Waals surface area (Å²) >= 11 is 0. The van der Waals surface area contributed by atoms with Gasteiger partial charge in [-0.2, -0.15) is 0 Å². The number of benzene rings is 2. The fourth-order valence-electron chi connectivity index (χ4n) is 2.48. The molecule has 136 valence electrons. The van der Waals surface area contributed by atoms with E-state index in [-0.39, 0.29) is 18.3 Å². The van der Waals surface area contributed by atoms with Gasteiger partial charge in [0.25, 0.3) is 0 Å². The van der Waals surface area contributed by atoms with Gasteiger partial charge in [0.15, 0.2) is 11.5 Å². The zero-order chi connectivity index (χ0) is 17.4. The summed E-state index contributed by atoms with van der Waals surface area (Å²) in [5.74, 6) is 1.42. The predicted molar refractivity (Wildman–Crippen MR) is 103 cm³/mol. The van der Waals surface area contributed by atoms with Crippen molar-refractivity contribution in [3.05, 3.63) is 53.6 Å². The number of carbonyl (C=O) groups is 1. The van der Waals surface area contributed by atoms with Crippen molar-refractivity contribution in [2.24, 2.45) is 0 Å². The Morgan fingerprint density at radius 1 is 1.04 bits per heavy atom. The topological polar surface area (TPSA) is 73.6 Å². The molecule has 0 saturated carbocycles. The first-order valence-corrected chi connectivity index (χ1v) is 7.95. The molecule has 1 amide bonds. The van der Waals surface area contributed by atoms with E-state index < -0.39 is 0 Å². The summed E-state index contributed by atoms with van der Waals surface area (Å²) < 4.78 is 10.5. The molecule has 0 aliphatic heterocycles. The highest BCUT2D eigenvalue weighted by Crippen LogP contribution is 2.27. The van der Waals surface area contributed by atoms with Crippen LogP contribution in [0.1, 0.15) is 17.5 Å². The highest BCUT2D eigenvalue weighted by Gasteiger charge is 2.06. The van der Waals surface area contributed by atoms with Crippen LogP contribution in [0.2, 0.25) is 0 Å². The van der Waals surface area contributed by atoms with Crippen molar-refractivity contribution in [3.8, 4) is 11.5 Å². The Bertz CT molecular complexity index is 692. The van der Waals surface area contributed by atoms with Crippen molar-refractivity contribution in [2.75, 3.05) is 26.5 Å². The zero-order valence-corrected chi connectivity index (χ0v) is 15.4. The van der Waals surface area contributed by atoms with Crippen LogP contribution >= 0.6 is 12.4 Å². The molecule has 2 aromatic rings. The molecular weight excluding hydrogens is 340 g/mol. The quantitative estimate of drug-likeness (QED) is 0.706. The van der Waals surface area contributed by atoms with E-state index in [0.717, 1.165) is 23.2 Å². The molecule has 0 atom stereocenters. The minimum Gasteiger partial charge on any atom is -0.493 e. The molecule has 3 N–H and O–H groups in total. The molecule has 0 heterocycles. The zero-order valence-electron chi connectivity index (χ0n) is 14.6. The number of nitrogens with one attached hydrogen (secondary N) is 1. The number of nitrogens with two attached hydrogens (primary N) is 1. The Morgan fingerprint density at radius 2 is 1.76 bits per heavy atom. The van der Waals surface area contributed by atoms with Crippen LogP contribution in [0.5, 0.6) is 11.5 Å². The van der Waals surface area contributed by atoms with Crippen LogP contribution in [0, 0.1) is 0 Å². The van der Waals surface area contributed by atoms with Gasteiger partial charge in [0.1, 0.15) is 0 Å². The molecule has 0 aromatic heterocycles. The van der Waals surface area contributed by atoms with Crippen LogP contribution in [0.3, 0.4) is 0 Å². The first-order chi connectivity index (χ1) is 11.6. The Labute approximate surface area is 154 Å². The number of amides is 1. The molecule has 0 saturated heterocycles. The summed E-state index contributed by atoms with van der Waals surface area (Å²) in [7, 11) is 3.22. The number of hydrogen-bond acceptors (Lipinski definition) is 4. The van der Waals surface area contributed by atoms with E-state index >= 15 is 0 Å². The lowest BCUT2D eigenvalue weighted by Crippen LogP contribution is -2.26. The number of methoxy groups -OCH3 is 2. The van der Waals surface area contributed by atoms with Gasteiger partial charge in [-0.05, 0) is 42.2 Å². The summed E-state index contributed by atoms with van der Waals surface area (Å²) in [5, 5.41) is 2.94. The van der Waals surface area contributed by atoms with Crippen LogP contribution in [-0.2, 0) is 17.6 Å². The van der Waals surface area contributed by atoms with E-state index in [2.05, 4.69) is 5.32 Å². The average Bonchev–Trinajstić information content (AvgIpc) is 2.61. The number of nitrogen functional groups attached to an aromatic ring is 1. The summed E-state index contributed by atoms with van der Waals surface area (Å²) in [6.07, 6.45) is 1.81. The molecule has 0 spiro atoms. The normalized spacial score (nSPS) is 9.84. The van der Waals surface area contributed by atoms with Crippen LogP contribution in [0.25, 0.3) is 0 Å². The van der Waals surface area contributed by atoms with Gasteiger partial charge in [-0.25, -0.2) is 0 Å². The molecule has 0 bridgehead atoms.